The summed E-state index contributed by atoms with van der Waals surface area (Å²) in [6.45, 7) is 2.43. The first kappa shape index (κ1) is 16.1. The van der Waals surface area contributed by atoms with Gasteiger partial charge in [-0.1, -0.05) is 19.3 Å². The second-order valence-corrected chi connectivity index (χ2v) is 6.20. The van der Waals surface area contributed by atoms with Crippen molar-refractivity contribution in [2.45, 2.75) is 70.1 Å². The summed E-state index contributed by atoms with van der Waals surface area (Å²) in [5.74, 6) is -0.350. The molecule has 3 atom stereocenters. The SMILES string of the molecule is CC(NC(=O)NCC1CCC(C(=O)O)O1)C1CCCCC1. The predicted octanol–water partition coefficient (Wildman–Crippen LogP) is 1.89. The van der Waals surface area contributed by atoms with Crippen LogP contribution in [0.15, 0.2) is 0 Å². The van der Waals surface area contributed by atoms with Gasteiger partial charge in [0.05, 0.1) is 6.10 Å². The second-order valence-electron chi connectivity index (χ2n) is 6.20. The molecule has 6 nitrogen and oxygen atoms in total. The van der Waals surface area contributed by atoms with Crippen LogP contribution in [0.3, 0.4) is 0 Å². The molecule has 2 fully saturated rings. The van der Waals surface area contributed by atoms with Crippen LogP contribution in [0.5, 0.6) is 0 Å². The largest absolute Gasteiger partial charge is 0.479 e. The summed E-state index contributed by atoms with van der Waals surface area (Å²) in [7, 11) is 0. The van der Waals surface area contributed by atoms with E-state index in [1.54, 1.807) is 0 Å². The third kappa shape index (κ3) is 4.88. The highest BCUT2D eigenvalue weighted by Gasteiger charge is 2.30. The maximum absolute atomic E-state index is 11.9. The normalized spacial score (nSPS) is 28.0. The summed E-state index contributed by atoms with van der Waals surface area (Å²) in [5.41, 5.74) is 0. The molecule has 0 bridgehead atoms. The fourth-order valence-corrected chi connectivity index (χ4v) is 3.25. The molecule has 0 aromatic rings. The molecule has 0 aromatic heterocycles. The molecular weight excluding hydrogens is 272 g/mol. The third-order valence-corrected chi connectivity index (χ3v) is 4.59. The lowest BCUT2D eigenvalue weighted by Gasteiger charge is -2.28. The fourth-order valence-electron chi connectivity index (χ4n) is 3.25. The van der Waals surface area contributed by atoms with E-state index in [1.165, 1.54) is 32.1 Å². The molecule has 0 aromatic carbocycles. The molecule has 2 amide bonds. The average Bonchev–Trinajstić information content (AvgIpc) is 2.95. The minimum atomic E-state index is -0.923. The van der Waals surface area contributed by atoms with Crippen molar-refractivity contribution in [3.63, 3.8) is 0 Å². The van der Waals surface area contributed by atoms with Crippen molar-refractivity contribution in [2.75, 3.05) is 6.54 Å². The molecule has 1 aliphatic heterocycles. The van der Waals surface area contributed by atoms with E-state index in [-0.39, 0.29) is 18.2 Å². The third-order valence-electron chi connectivity index (χ3n) is 4.59. The smallest absolute Gasteiger partial charge is 0.332 e. The number of carboxylic acid groups (broad SMARTS) is 1. The number of aliphatic carboxylic acids is 1. The number of hydrogen-bond donors (Lipinski definition) is 3. The molecule has 1 heterocycles. The van der Waals surface area contributed by atoms with Crippen LogP contribution in [0.2, 0.25) is 0 Å². The van der Waals surface area contributed by atoms with Gasteiger partial charge in [0.1, 0.15) is 0 Å². The topological polar surface area (TPSA) is 87.7 Å². The van der Waals surface area contributed by atoms with Gasteiger partial charge in [0, 0.05) is 12.6 Å². The zero-order chi connectivity index (χ0) is 15.2. The average molecular weight is 298 g/mol. The summed E-state index contributed by atoms with van der Waals surface area (Å²) in [5, 5.41) is 14.6. The van der Waals surface area contributed by atoms with Gasteiger partial charge in [0.25, 0.3) is 0 Å². The number of carboxylic acids is 1. The van der Waals surface area contributed by atoms with Gasteiger partial charge in [-0.3, -0.25) is 0 Å². The number of rotatable bonds is 5. The lowest BCUT2D eigenvalue weighted by atomic mass is 9.85. The Morgan fingerprint density at radius 1 is 1.19 bits per heavy atom. The molecule has 2 aliphatic rings. The van der Waals surface area contributed by atoms with E-state index in [0.717, 1.165) is 0 Å². The van der Waals surface area contributed by atoms with Gasteiger partial charge >= 0.3 is 12.0 Å². The van der Waals surface area contributed by atoms with Crippen LogP contribution in [-0.4, -0.2) is 41.9 Å². The Kier molecular flexibility index (Phi) is 5.85. The minimum Gasteiger partial charge on any atom is -0.479 e. The van der Waals surface area contributed by atoms with Crippen LogP contribution in [-0.2, 0) is 9.53 Å². The van der Waals surface area contributed by atoms with Crippen molar-refractivity contribution in [1.29, 1.82) is 0 Å². The maximum Gasteiger partial charge on any atom is 0.332 e. The van der Waals surface area contributed by atoms with E-state index >= 15 is 0 Å². The Hall–Kier alpha value is -1.30. The first-order valence-electron chi connectivity index (χ1n) is 7.99. The molecular formula is C15H26N2O4. The van der Waals surface area contributed by atoms with Crippen molar-refractivity contribution < 1.29 is 19.4 Å². The number of carbonyl (C=O) groups is 2. The lowest BCUT2D eigenvalue weighted by Crippen LogP contribution is -2.46. The number of urea groups is 1. The second kappa shape index (κ2) is 7.64. The minimum absolute atomic E-state index is 0.182. The van der Waals surface area contributed by atoms with E-state index in [9.17, 15) is 9.59 Å². The molecule has 3 unspecified atom stereocenters. The Labute approximate surface area is 125 Å². The van der Waals surface area contributed by atoms with Crippen LogP contribution in [0.4, 0.5) is 4.79 Å². The molecule has 120 valence electrons. The van der Waals surface area contributed by atoms with Gasteiger partial charge in [-0.15, -0.1) is 0 Å². The number of ether oxygens (including phenoxy) is 1. The summed E-state index contributed by atoms with van der Waals surface area (Å²) < 4.78 is 5.35. The van der Waals surface area contributed by atoms with Gasteiger partial charge in [0.2, 0.25) is 0 Å². The first-order valence-corrected chi connectivity index (χ1v) is 7.99. The van der Waals surface area contributed by atoms with Crippen LogP contribution in [0.1, 0.15) is 51.9 Å². The van der Waals surface area contributed by atoms with Crippen LogP contribution in [0.25, 0.3) is 0 Å². The Morgan fingerprint density at radius 2 is 1.90 bits per heavy atom. The zero-order valence-corrected chi connectivity index (χ0v) is 12.6. The predicted molar refractivity (Wildman–Crippen MR) is 78.1 cm³/mol. The van der Waals surface area contributed by atoms with E-state index < -0.39 is 12.1 Å². The van der Waals surface area contributed by atoms with E-state index in [0.29, 0.717) is 25.3 Å². The molecule has 1 saturated heterocycles. The zero-order valence-electron chi connectivity index (χ0n) is 12.6. The van der Waals surface area contributed by atoms with Gasteiger partial charge in [-0.25, -0.2) is 9.59 Å². The number of carbonyl (C=O) groups excluding carboxylic acids is 1. The van der Waals surface area contributed by atoms with E-state index in [4.69, 9.17) is 9.84 Å². The van der Waals surface area contributed by atoms with E-state index in [1.807, 2.05) is 0 Å². The summed E-state index contributed by atoms with van der Waals surface area (Å²) >= 11 is 0. The Morgan fingerprint density at radius 3 is 2.52 bits per heavy atom. The maximum atomic E-state index is 11.9. The fraction of sp³-hybridized carbons (Fsp3) is 0.867. The van der Waals surface area contributed by atoms with Crippen molar-refractivity contribution in [3.8, 4) is 0 Å². The van der Waals surface area contributed by atoms with E-state index in [2.05, 4.69) is 17.6 Å². The molecule has 0 spiro atoms. The first-order chi connectivity index (χ1) is 10.1. The van der Waals surface area contributed by atoms with Crippen molar-refractivity contribution in [2.24, 2.45) is 5.92 Å². The molecule has 2 rings (SSSR count). The van der Waals surface area contributed by atoms with Crippen molar-refractivity contribution in [1.82, 2.24) is 10.6 Å². The molecule has 1 aliphatic carbocycles. The highest BCUT2D eigenvalue weighted by molar-refractivity contribution is 5.74. The number of nitrogens with one attached hydrogen (secondary N) is 2. The number of amides is 2. The lowest BCUT2D eigenvalue weighted by molar-refractivity contribution is -0.149. The molecule has 1 saturated carbocycles. The Bertz CT molecular complexity index is 369. The van der Waals surface area contributed by atoms with Gasteiger partial charge < -0.3 is 20.5 Å². The van der Waals surface area contributed by atoms with Crippen LogP contribution >= 0.6 is 0 Å². The molecule has 6 heteroatoms. The standard InChI is InChI=1S/C15H26N2O4/c1-10(11-5-3-2-4-6-11)17-15(20)16-9-12-7-8-13(21-12)14(18)19/h10-13H,2-9H2,1H3,(H,18,19)(H2,16,17,20). The molecule has 3 N–H and O–H groups in total. The molecule has 0 radical (unpaired) electrons. The Balaban J connectivity index is 1.64. The van der Waals surface area contributed by atoms with Gasteiger partial charge in [-0.2, -0.15) is 0 Å². The van der Waals surface area contributed by atoms with Crippen LogP contribution < -0.4 is 10.6 Å². The van der Waals surface area contributed by atoms with Crippen molar-refractivity contribution in [3.05, 3.63) is 0 Å². The molecule has 21 heavy (non-hydrogen) atoms. The van der Waals surface area contributed by atoms with Gasteiger partial charge in [0.15, 0.2) is 6.10 Å². The van der Waals surface area contributed by atoms with Crippen molar-refractivity contribution >= 4 is 12.0 Å². The monoisotopic (exact) mass is 298 g/mol. The highest BCUT2D eigenvalue weighted by atomic mass is 16.5. The summed E-state index contributed by atoms with van der Waals surface area (Å²) in [6, 6.07) is -0.00277. The quantitative estimate of drug-likeness (QED) is 0.723. The highest BCUT2D eigenvalue weighted by Crippen LogP contribution is 2.26. The van der Waals surface area contributed by atoms with Crippen LogP contribution in [0, 0.1) is 5.92 Å². The van der Waals surface area contributed by atoms with Gasteiger partial charge in [-0.05, 0) is 38.5 Å². The summed E-state index contributed by atoms with van der Waals surface area (Å²) in [4.78, 5) is 22.7. The summed E-state index contributed by atoms with van der Waals surface area (Å²) in [6.07, 6.45) is 6.47. The number of hydrogen-bond acceptors (Lipinski definition) is 3.